The van der Waals surface area contributed by atoms with Gasteiger partial charge in [0, 0.05) is 37.5 Å². The molecule has 0 bridgehead atoms. The van der Waals surface area contributed by atoms with Crippen LogP contribution in [0, 0.1) is 11.8 Å². The van der Waals surface area contributed by atoms with E-state index in [0.29, 0.717) is 32.4 Å². The lowest BCUT2D eigenvalue weighted by Crippen LogP contribution is -2.50. The largest absolute Gasteiger partial charge is 0.481 e. The highest BCUT2D eigenvalue weighted by atomic mass is 16.5. The first kappa shape index (κ1) is 23.4. The molecular weight excluding hydrogens is 448 g/mol. The van der Waals surface area contributed by atoms with Crippen molar-refractivity contribution in [1.82, 2.24) is 10.6 Å². The Morgan fingerprint density at radius 2 is 1.66 bits per heavy atom. The van der Waals surface area contributed by atoms with Crippen LogP contribution in [0.3, 0.4) is 0 Å². The standard InChI is InChI=1S/C27H30N2O6/c30-24(31)13-16-11-18(12-16)29-26(32)25-17(9-10-34-25)14-28-27(33)35-15-23-21-7-3-1-5-19(21)20-6-2-4-8-22(20)23/h1-8,16-18,23,25H,9-15H2,(H,28,33)(H,29,32)(H,30,31)/t16?,17-,18?,25-/m1/s1. The Morgan fingerprint density at radius 3 is 2.31 bits per heavy atom. The van der Waals surface area contributed by atoms with Gasteiger partial charge in [-0.05, 0) is 47.4 Å². The first-order valence-corrected chi connectivity index (χ1v) is 12.2. The van der Waals surface area contributed by atoms with Crippen molar-refractivity contribution < 1.29 is 29.0 Å². The molecule has 184 valence electrons. The van der Waals surface area contributed by atoms with Gasteiger partial charge in [-0.25, -0.2) is 4.79 Å². The molecule has 35 heavy (non-hydrogen) atoms. The zero-order valence-electron chi connectivity index (χ0n) is 19.4. The number of fused-ring (bicyclic) bond motifs is 3. The summed E-state index contributed by atoms with van der Waals surface area (Å²) in [6.07, 6.45) is 1.03. The maximum Gasteiger partial charge on any atom is 0.407 e. The first-order chi connectivity index (χ1) is 17.0. The molecule has 1 heterocycles. The highest BCUT2D eigenvalue weighted by Gasteiger charge is 2.38. The fourth-order valence-corrected chi connectivity index (χ4v) is 5.55. The molecule has 0 spiro atoms. The van der Waals surface area contributed by atoms with Gasteiger partial charge in [-0.15, -0.1) is 0 Å². The maximum atomic E-state index is 12.7. The number of alkyl carbamates (subject to hydrolysis) is 1. The van der Waals surface area contributed by atoms with Crippen molar-refractivity contribution in [3.8, 4) is 11.1 Å². The lowest BCUT2D eigenvalue weighted by Gasteiger charge is -2.35. The van der Waals surface area contributed by atoms with Crippen LogP contribution in [0.25, 0.3) is 11.1 Å². The number of carboxylic acids is 1. The van der Waals surface area contributed by atoms with Gasteiger partial charge in [-0.1, -0.05) is 48.5 Å². The van der Waals surface area contributed by atoms with Crippen LogP contribution in [0.4, 0.5) is 4.79 Å². The lowest BCUT2D eigenvalue weighted by atomic mass is 9.78. The van der Waals surface area contributed by atoms with Crippen molar-refractivity contribution in [2.75, 3.05) is 19.8 Å². The van der Waals surface area contributed by atoms with Crippen LogP contribution in [-0.4, -0.2) is 55.0 Å². The number of nitrogens with one attached hydrogen (secondary N) is 2. The third kappa shape index (κ3) is 5.03. The summed E-state index contributed by atoms with van der Waals surface area (Å²) in [5.74, 6) is -1.02. The number of amides is 2. The monoisotopic (exact) mass is 478 g/mol. The number of hydrogen-bond donors (Lipinski definition) is 3. The Hall–Kier alpha value is -3.39. The maximum absolute atomic E-state index is 12.7. The quantitative estimate of drug-likeness (QED) is 0.537. The zero-order valence-corrected chi connectivity index (χ0v) is 19.4. The molecule has 8 nitrogen and oxygen atoms in total. The van der Waals surface area contributed by atoms with Gasteiger partial charge in [0.1, 0.15) is 12.7 Å². The summed E-state index contributed by atoms with van der Waals surface area (Å²) in [4.78, 5) is 35.9. The molecule has 2 fully saturated rings. The van der Waals surface area contributed by atoms with Crippen molar-refractivity contribution in [3.05, 3.63) is 59.7 Å². The van der Waals surface area contributed by atoms with Crippen LogP contribution < -0.4 is 10.6 Å². The Balaban J connectivity index is 1.09. The first-order valence-electron chi connectivity index (χ1n) is 12.2. The highest BCUT2D eigenvalue weighted by molar-refractivity contribution is 5.82. The number of carboxylic acid groups (broad SMARTS) is 1. The van der Waals surface area contributed by atoms with Crippen molar-refractivity contribution in [3.63, 3.8) is 0 Å². The highest BCUT2D eigenvalue weighted by Crippen LogP contribution is 2.44. The van der Waals surface area contributed by atoms with Crippen molar-refractivity contribution >= 4 is 18.0 Å². The number of carbonyl (C=O) groups excluding carboxylic acids is 2. The van der Waals surface area contributed by atoms with Gasteiger partial charge in [-0.2, -0.15) is 0 Å². The van der Waals surface area contributed by atoms with Crippen LogP contribution >= 0.6 is 0 Å². The van der Waals surface area contributed by atoms with Crippen molar-refractivity contribution in [1.29, 1.82) is 0 Å². The third-order valence-corrected chi connectivity index (χ3v) is 7.37. The summed E-state index contributed by atoms with van der Waals surface area (Å²) in [6, 6.07) is 16.4. The van der Waals surface area contributed by atoms with E-state index in [4.69, 9.17) is 14.6 Å². The van der Waals surface area contributed by atoms with E-state index in [2.05, 4.69) is 34.9 Å². The van der Waals surface area contributed by atoms with E-state index in [9.17, 15) is 14.4 Å². The molecule has 2 atom stereocenters. The van der Waals surface area contributed by atoms with Crippen LogP contribution in [0.1, 0.15) is 42.7 Å². The normalized spacial score (nSPS) is 24.7. The van der Waals surface area contributed by atoms with E-state index >= 15 is 0 Å². The SMILES string of the molecule is O=C(O)CC1CC(NC(=O)[C@@H]2OCC[C@@H]2CNC(=O)OCC2c3ccccc3-c3ccccc32)C1. The predicted octanol–water partition coefficient (Wildman–Crippen LogP) is 3.30. The number of hydrogen-bond acceptors (Lipinski definition) is 5. The fraction of sp³-hybridized carbons (Fsp3) is 0.444. The molecule has 2 aromatic carbocycles. The molecular formula is C27H30N2O6. The fourth-order valence-electron chi connectivity index (χ4n) is 5.55. The molecule has 0 radical (unpaired) electrons. The lowest BCUT2D eigenvalue weighted by molar-refractivity contribution is -0.139. The van der Waals surface area contributed by atoms with Gasteiger partial charge in [-0.3, -0.25) is 9.59 Å². The van der Waals surface area contributed by atoms with E-state index < -0.39 is 18.2 Å². The molecule has 1 aliphatic heterocycles. The number of benzene rings is 2. The average Bonchev–Trinajstić information content (AvgIpc) is 3.42. The summed E-state index contributed by atoms with van der Waals surface area (Å²) in [6.45, 7) is 0.993. The molecule has 1 saturated carbocycles. The van der Waals surface area contributed by atoms with Crippen LogP contribution in [0.15, 0.2) is 48.5 Å². The Bertz CT molecular complexity index is 1070. The third-order valence-electron chi connectivity index (χ3n) is 7.37. The van der Waals surface area contributed by atoms with Crippen molar-refractivity contribution in [2.24, 2.45) is 11.8 Å². The predicted molar refractivity (Wildman–Crippen MR) is 128 cm³/mol. The summed E-state index contributed by atoms with van der Waals surface area (Å²) in [5, 5.41) is 14.6. The van der Waals surface area contributed by atoms with E-state index in [1.165, 1.54) is 11.1 Å². The molecule has 2 amide bonds. The minimum Gasteiger partial charge on any atom is -0.481 e. The molecule has 3 aliphatic rings. The van der Waals surface area contributed by atoms with Gasteiger partial charge >= 0.3 is 12.1 Å². The molecule has 5 rings (SSSR count). The minimum absolute atomic E-state index is 0.00563. The van der Waals surface area contributed by atoms with Crippen LogP contribution in [-0.2, 0) is 19.1 Å². The summed E-state index contributed by atoms with van der Waals surface area (Å²) >= 11 is 0. The van der Waals surface area contributed by atoms with E-state index in [-0.39, 0.29) is 42.7 Å². The van der Waals surface area contributed by atoms with Crippen molar-refractivity contribution in [2.45, 2.75) is 43.7 Å². The van der Waals surface area contributed by atoms with E-state index in [1.807, 2.05) is 24.3 Å². The summed E-state index contributed by atoms with van der Waals surface area (Å²) < 4.78 is 11.2. The molecule has 0 aromatic heterocycles. The molecule has 2 aliphatic carbocycles. The van der Waals surface area contributed by atoms with Gasteiger partial charge in [0.2, 0.25) is 5.91 Å². The van der Waals surface area contributed by atoms with E-state index in [1.54, 1.807) is 0 Å². The number of rotatable bonds is 8. The number of aliphatic carboxylic acids is 1. The number of ether oxygens (including phenoxy) is 2. The second kappa shape index (κ2) is 10.1. The molecule has 3 N–H and O–H groups in total. The Kier molecular flexibility index (Phi) is 6.72. The van der Waals surface area contributed by atoms with E-state index in [0.717, 1.165) is 11.1 Å². The topological polar surface area (TPSA) is 114 Å². The second-order valence-electron chi connectivity index (χ2n) is 9.69. The molecule has 8 heteroatoms. The minimum atomic E-state index is -0.807. The smallest absolute Gasteiger partial charge is 0.407 e. The average molecular weight is 479 g/mol. The zero-order chi connectivity index (χ0) is 24.4. The van der Waals surface area contributed by atoms with Gasteiger partial charge in [0.15, 0.2) is 0 Å². The second-order valence-corrected chi connectivity index (χ2v) is 9.69. The summed E-state index contributed by atoms with van der Waals surface area (Å²) in [5.41, 5.74) is 4.66. The van der Waals surface area contributed by atoms with Gasteiger partial charge in [0.05, 0.1) is 0 Å². The molecule has 0 unspecified atom stereocenters. The number of carbonyl (C=O) groups is 3. The Morgan fingerprint density at radius 1 is 1.00 bits per heavy atom. The molecule has 1 saturated heterocycles. The van der Waals surface area contributed by atoms with Crippen LogP contribution in [0.5, 0.6) is 0 Å². The van der Waals surface area contributed by atoms with Crippen LogP contribution in [0.2, 0.25) is 0 Å². The molecule has 2 aromatic rings. The van der Waals surface area contributed by atoms with Gasteiger partial charge in [0.25, 0.3) is 0 Å². The summed E-state index contributed by atoms with van der Waals surface area (Å²) in [7, 11) is 0. The van der Waals surface area contributed by atoms with Gasteiger partial charge < -0.3 is 25.2 Å². The Labute approximate surface area is 204 Å².